The number of amides is 1. The van der Waals surface area contributed by atoms with Crippen LogP contribution in [0.25, 0.3) is 0 Å². The number of allylic oxidation sites excluding steroid dienone is 2. The molecule has 4 nitrogen and oxygen atoms in total. The van der Waals surface area contributed by atoms with E-state index in [0.717, 1.165) is 25.7 Å². The second kappa shape index (κ2) is 22.5. The lowest BCUT2D eigenvalue weighted by atomic mass is 10.0. The first-order valence-corrected chi connectivity index (χ1v) is 14.3. The first kappa shape index (κ1) is 29.7. The van der Waals surface area contributed by atoms with E-state index in [9.17, 15) is 9.59 Å². The number of hydrogen-bond acceptors (Lipinski definition) is 3. The lowest BCUT2D eigenvalue weighted by Crippen LogP contribution is -2.34. The third kappa shape index (κ3) is 18.8. The smallest absolute Gasteiger partial charge is 0.328 e. The zero-order valence-corrected chi connectivity index (χ0v) is 21.7. The Hall–Kier alpha value is -1.32. The maximum atomic E-state index is 11.8. The normalized spacial score (nSPS) is 15.9. The fraction of sp³-hybridized carbons (Fsp3) is 0.862. The quantitative estimate of drug-likeness (QED) is 0.0944. The maximum absolute atomic E-state index is 11.8. The second-order valence-corrected chi connectivity index (χ2v) is 9.89. The van der Waals surface area contributed by atoms with Gasteiger partial charge in [0.05, 0.1) is 6.61 Å². The van der Waals surface area contributed by atoms with Gasteiger partial charge in [-0.15, -0.1) is 0 Å². The van der Waals surface area contributed by atoms with Gasteiger partial charge in [-0.1, -0.05) is 109 Å². The summed E-state index contributed by atoms with van der Waals surface area (Å²) in [6.07, 6.45) is 32.4. The predicted octanol–water partition coefficient (Wildman–Crippen LogP) is 8.19. The summed E-state index contributed by atoms with van der Waals surface area (Å²) in [6.45, 7) is 2.75. The first-order chi connectivity index (χ1) is 16.2. The predicted molar refractivity (Wildman–Crippen MR) is 139 cm³/mol. The van der Waals surface area contributed by atoms with E-state index in [2.05, 4.69) is 24.4 Å². The number of unbranched alkanes of at least 4 members (excludes halogenated alkanes) is 18. The molecule has 1 N–H and O–H groups in total. The Labute approximate surface area is 204 Å². The van der Waals surface area contributed by atoms with Crippen LogP contribution in [0.1, 0.15) is 148 Å². The molecule has 192 valence electrons. The molecule has 1 aliphatic heterocycles. The van der Waals surface area contributed by atoms with Gasteiger partial charge >= 0.3 is 5.97 Å². The highest BCUT2D eigenvalue weighted by atomic mass is 16.5. The minimum absolute atomic E-state index is 0.0481. The van der Waals surface area contributed by atoms with Gasteiger partial charge in [-0.05, 0) is 44.9 Å². The van der Waals surface area contributed by atoms with Gasteiger partial charge < -0.3 is 10.1 Å². The summed E-state index contributed by atoms with van der Waals surface area (Å²) < 4.78 is 5.25. The SMILES string of the molecule is CCCCCCCCCCCCCCCCC/C=C/CCCCCOC(=O)[C@@H]1CCC(=O)N1. The largest absolute Gasteiger partial charge is 0.464 e. The van der Waals surface area contributed by atoms with E-state index < -0.39 is 6.04 Å². The number of ether oxygens (including phenoxy) is 1. The molecule has 0 aromatic heterocycles. The van der Waals surface area contributed by atoms with Crippen LogP contribution in [0.5, 0.6) is 0 Å². The number of hydrogen-bond donors (Lipinski definition) is 1. The summed E-state index contributed by atoms with van der Waals surface area (Å²) in [5, 5.41) is 2.65. The van der Waals surface area contributed by atoms with Crippen molar-refractivity contribution in [3.05, 3.63) is 12.2 Å². The maximum Gasteiger partial charge on any atom is 0.328 e. The van der Waals surface area contributed by atoms with Crippen LogP contribution in [0.15, 0.2) is 12.2 Å². The Morgan fingerprint density at radius 1 is 0.758 bits per heavy atom. The first-order valence-electron chi connectivity index (χ1n) is 14.3. The summed E-state index contributed by atoms with van der Waals surface area (Å²) in [7, 11) is 0. The molecule has 0 bridgehead atoms. The topological polar surface area (TPSA) is 55.4 Å². The third-order valence-electron chi connectivity index (χ3n) is 6.68. The van der Waals surface area contributed by atoms with Crippen molar-refractivity contribution in [3.63, 3.8) is 0 Å². The fourth-order valence-corrected chi connectivity index (χ4v) is 4.47. The van der Waals surface area contributed by atoms with Crippen LogP contribution in [-0.2, 0) is 14.3 Å². The van der Waals surface area contributed by atoms with E-state index in [1.54, 1.807) is 0 Å². The van der Waals surface area contributed by atoms with Crippen LogP contribution in [0.3, 0.4) is 0 Å². The van der Waals surface area contributed by atoms with Crippen molar-refractivity contribution in [2.45, 2.75) is 154 Å². The molecule has 1 saturated heterocycles. The molecule has 0 aromatic rings. The number of esters is 1. The van der Waals surface area contributed by atoms with Crippen LogP contribution in [0, 0.1) is 0 Å². The van der Waals surface area contributed by atoms with Crippen LogP contribution >= 0.6 is 0 Å². The molecular weight excluding hydrogens is 410 g/mol. The lowest BCUT2D eigenvalue weighted by molar-refractivity contribution is -0.146. The summed E-state index contributed by atoms with van der Waals surface area (Å²) >= 11 is 0. The van der Waals surface area contributed by atoms with Crippen LogP contribution in [-0.4, -0.2) is 24.5 Å². The Kier molecular flexibility index (Phi) is 20.2. The van der Waals surface area contributed by atoms with E-state index in [1.807, 2.05) is 0 Å². The molecule has 0 aliphatic carbocycles. The molecule has 1 amide bonds. The molecule has 1 atom stereocenters. The Morgan fingerprint density at radius 3 is 1.67 bits per heavy atom. The van der Waals surface area contributed by atoms with E-state index in [4.69, 9.17) is 4.74 Å². The average Bonchev–Trinajstić information content (AvgIpc) is 3.26. The highest BCUT2D eigenvalue weighted by molar-refractivity contribution is 5.87. The Bertz CT molecular complexity index is 503. The molecule has 1 fully saturated rings. The van der Waals surface area contributed by atoms with Gasteiger partial charge in [-0.2, -0.15) is 0 Å². The standard InChI is InChI=1S/C29H53NO3/c1-2-3-4-5-6-7-8-9-10-11-12-13-14-15-16-17-18-19-20-21-22-23-26-33-29(32)27-24-25-28(31)30-27/h18-19,27H,2-17,20-26H2,1H3,(H,30,31)/b19-18+/t27-/m0/s1. The number of nitrogens with one attached hydrogen (secondary N) is 1. The molecule has 0 spiro atoms. The van der Waals surface area contributed by atoms with E-state index in [0.29, 0.717) is 19.4 Å². The van der Waals surface area contributed by atoms with Crippen LogP contribution < -0.4 is 5.32 Å². The highest BCUT2D eigenvalue weighted by Crippen LogP contribution is 2.14. The van der Waals surface area contributed by atoms with Gasteiger partial charge in [0.15, 0.2) is 0 Å². The van der Waals surface area contributed by atoms with Gasteiger partial charge in [0, 0.05) is 6.42 Å². The van der Waals surface area contributed by atoms with Gasteiger partial charge in [0.1, 0.15) is 6.04 Å². The van der Waals surface area contributed by atoms with Crippen molar-refractivity contribution in [2.24, 2.45) is 0 Å². The number of rotatable bonds is 23. The number of carbonyl (C=O) groups is 2. The second-order valence-electron chi connectivity index (χ2n) is 9.89. The summed E-state index contributed by atoms with van der Waals surface area (Å²) in [5.41, 5.74) is 0. The molecule has 1 rings (SSSR count). The van der Waals surface area contributed by atoms with Gasteiger partial charge in [0.2, 0.25) is 5.91 Å². The highest BCUT2D eigenvalue weighted by Gasteiger charge is 2.28. The minimum Gasteiger partial charge on any atom is -0.464 e. The van der Waals surface area contributed by atoms with E-state index in [-0.39, 0.29) is 11.9 Å². The number of carbonyl (C=O) groups excluding carboxylic acids is 2. The van der Waals surface area contributed by atoms with Crippen LogP contribution in [0.4, 0.5) is 0 Å². The molecule has 4 heteroatoms. The van der Waals surface area contributed by atoms with E-state index in [1.165, 1.54) is 103 Å². The van der Waals surface area contributed by atoms with Crippen molar-refractivity contribution >= 4 is 11.9 Å². The van der Waals surface area contributed by atoms with Crippen molar-refractivity contribution in [1.29, 1.82) is 0 Å². The minimum atomic E-state index is -0.417. The zero-order chi connectivity index (χ0) is 23.8. The van der Waals surface area contributed by atoms with Crippen molar-refractivity contribution in [1.82, 2.24) is 5.32 Å². The van der Waals surface area contributed by atoms with Crippen LogP contribution in [0.2, 0.25) is 0 Å². The molecular formula is C29H53NO3. The van der Waals surface area contributed by atoms with Crippen molar-refractivity contribution in [3.8, 4) is 0 Å². The lowest BCUT2D eigenvalue weighted by Gasteiger charge is -2.09. The molecule has 0 unspecified atom stereocenters. The Morgan fingerprint density at radius 2 is 1.21 bits per heavy atom. The van der Waals surface area contributed by atoms with Gasteiger partial charge in [-0.25, -0.2) is 4.79 Å². The molecule has 1 aliphatic rings. The third-order valence-corrected chi connectivity index (χ3v) is 6.68. The zero-order valence-electron chi connectivity index (χ0n) is 21.7. The van der Waals surface area contributed by atoms with Gasteiger partial charge in [-0.3, -0.25) is 4.79 Å². The molecule has 33 heavy (non-hydrogen) atoms. The molecule has 0 saturated carbocycles. The fourth-order valence-electron chi connectivity index (χ4n) is 4.47. The summed E-state index contributed by atoms with van der Waals surface area (Å²) in [6, 6.07) is -0.417. The molecule has 1 heterocycles. The van der Waals surface area contributed by atoms with E-state index >= 15 is 0 Å². The summed E-state index contributed by atoms with van der Waals surface area (Å²) in [4.78, 5) is 22.9. The Balaban J connectivity index is 1.71. The van der Waals surface area contributed by atoms with Gasteiger partial charge in [0.25, 0.3) is 0 Å². The van der Waals surface area contributed by atoms with Crippen molar-refractivity contribution in [2.75, 3.05) is 6.61 Å². The molecule has 0 aromatic carbocycles. The van der Waals surface area contributed by atoms with Crippen molar-refractivity contribution < 1.29 is 14.3 Å². The summed E-state index contributed by atoms with van der Waals surface area (Å²) in [5.74, 6) is -0.322. The molecule has 0 radical (unpaired) electrons. The monoisotopic (exact) mass is 463 g/mol. The average molecular weight is 464 g/mol.